The molecule has 69 heavy (non-hydrogen) atoms. The molecule has 7 rings (SSSR count). The third-order valence-electron chi connectivity index (χ3n) is 9.37. The summed E-state index contributed by atoms with van der Waals surface area (Å²) in [6.45, 7) is 1.28. The Morgan fingerprint density at radius 2 is 1.36 bits per heavy atom. The van der Waals surface area contributed by atoms with E-state index in [-0.39, 0.29) is 78.9 Å². The molecule has 0 aliphatic rings. The number of rotatable bonds is 17. The van der Waals surface area contributed by atoms with Gasteiger partial charge in [-0.25, -0.2) is 4.98 Å². The van der Waals surface area contributed by atoms with Gasteiger partial charge in [0.15, 0.2) is 11.4 Å². The molecule has 6 N–H and O–H groups in total. The first-order valence-electron chi connectivity index (χ1n) is 18.8. The van der Waals surface area contributed by atoms with E-state index in [0.717, 1.165) is 52.5 Å². The number of aromatic nitrogens is 3. The maximum Gasteiger partial charge on any atom is 0.297 e. The maximum absolute atomic E-state index is 12.7. The van der Waals surface area contributed by atoms with Gasteiger partial charge in [0.1, 0.15) is 38.1 Å². The van der Waals surface area contributed by atoms with Crippen molar-refractivity contribution in [2.75, 3.05) is 12.4 Å². The molecular formula is C37H30N9O17S6-. The van der Waals surface area contributed by atoms with Crippen LogP contribution in [-0.2, 0) is 57.3 Å². The van der Waals surface area contributed by atoms with Crippen LogP contribution in [0.25, 0.3) is 26.7 Å². The fourth-order valence-electron chi connectivity index (χ4n) is 6.32. The van der Waals surface area contributed by atoms with E-state index in [1.54, 1.807) is 6.92 Å². The number of hydrogen-bond acceptors (Lipinski definition) is 22. The molecular weight excluding hydrogens is 1030 g/mol. The Hall–Kier alpha value is -6.59. The van der Waals surface area contributed by atoms with Crippen LogP contribution in [0.3, 0.4) is 0 Å². The van der Waals surface area contributed by atoms with Gasteiger partial charge >= 0.3 is 0 Å². The highest BCUT2D eigenvalue weighted by Crippen LogP contribution is 2.44. The number of nitrogens with zero attached hydrogens (tertiary/aromatic N) is 9. The number of phenols is 1. The number of hydrogen-bond donors (Lipinski definition) is 6. The van der Waals surface area contributed by atoms with Gasteiger partial charge in [-0.3, -0.25) is 22.4 Å². The third-order valence-corrected chi connectivity index (χ3v) is 14.3. The fraction of sp³-hybridized carbons (Fsp3) is 0.135. The van der Waals surface area contributed by atoms with Gasteiger partial charge in [0.05, 0.1) is 39.5 Å². The Kier molecular flexibility index (Phi) is 14.2. The molecule has 1 unspecified atom stereocenters. The van der Waals surface area contributed by atoms with E-state index in [4.69, 9.17) is 4.74 Å². The molecule has 0 bridgehead atoms. The van der Waals surface area contributed by atoms with Gasteiger partial charge in [-0.05, 0) is 85.1 Å². The van der Waals surface area contributed by atoms with Gasteiger partial charge in [0.25, 0.3) is 40.5 Å². The molecule has 2 aromatic heterocycles. The van der Waals surface area contributed by atoms with Crippen molar-refractivity contribution >= 4 is 117 Å². The molecule has 0 spiro atoms. The summed E-state index contributed by atoms with van der Waals surface area (Å²) in [4.78, 5) is 2.26. The molecule has 7 aromatic rings. The Morgan fingerprint density at radius 1 is 0.725 bits per heavy atom. The van der Waals surface area contributed by atoms with Crippen LogP contribution in [0, 0.1) is 6.92 Å². The summed E-state index contributed by atoms with van der Waals surface area (Å²) in [6.07, 6.45) is 0.856. The lowest BCUT2D eigenvalue weighted by Gasteiger charge is -2.11. The first-order valence-corrected chi connectivity index (χ1v) is 26.8. The van der Waals surface area contributed by atoms with Crippen molar-refractivity contribution in [1.82, 2.24) is 14.8 Å². The highest BCUT2D eigenvalue weighted by Gasteiger charge is 2.24. The lowest BCUT2D eigenvalue weighted by molar-refractivity contribution is 0.317. The highest BCUT2D eigenvalue weighted by atomic mass is 32.2. The molecule has 0 aliphatic carbocycles. The molecule has 0 amide bonds. The van der Waals surface area contributed by atoms with Crippen molar-refractivity contribution in [1.29, 1.82) is 0 Å². The summed E-state index contributed by atoms with van der Waals surface area (Å²) in [5, 5.41) is 49.7. The summed E-state index contributed by atoms with van der Waals surface area (Å²) in [6, 6.07) is 14.2. The minimum absolute atomic E-state index is 0.0186. The monoisotopic (exact) mass is 1060 g/mol. The average Bonchev–Trinajstić information content (AvgIpc) is 3.84. The Bertz CT molecular complexity index is 3790. The molecule has 362 valence electrons. The number of aryl methyl sites for hydroxylation is 1. The van der Waals surface area contributed by atoms with Crippen LogP contribution in [0.5, 0.6) is 17.4 Å². The number of ether oxygens (including phenoxy) is 1. The van der Waals surface area contributed by atoms with Gasteiger partial charge in [-0.15, -0.1) is 30.7 Å². The van der Waals surface area contributed by atoms with E-state index >= 15 is 0 Å². The van der Waals surface area contributed by atoms with Crippen LogP contribution >= 0.6 is 11.3 Å². The van der Waals surface area contributed by atoms with Crippen molar-refractivity contribution in [3.8, 4) is 23.1 Å². The molecule has 0 saturated heterocycles. The minimum Gasteiger partial charge on any atom is -0.772 e. The molecule has 26 nitrogen and oxygen atoms in total. The summed E-state index contributed by atoms with van der Waals surface area (Å²) in [5.74, 6) is -2.52. The summed E-state index contributed by atoms with van der Waals surface area (Å²) in [5.41, 5.74) is -0.494. The van der Waals surface area contributed by atoms with Crippen LogP contribution in [0.4, 0.5) is 33.6 Å². The summed E-state index contributed by atoms with van der Waals surface area (Å²) < 4.78 is 163. The summed E-state index contributed by atoms with van der Waals surface area (Å²) in [7, 11) is -18.8. The van der Waals surface area contributed by atoms with Crippen molar-refractivity contribution in [3.63, 3.8) is 0 Å². The van der Waals surface area contributed by atoms with Gasteiger partial charge in [-0.1, -0.05) is 28.5 Å². The largest absolute Gasteiger partial charge is 0.772 e. The van der Waals surface area contributed by atoms with Crippen LogP contribution in [0.2, 0.25) is 0 Å². The van der Waals surface area contributed by atoms with E-state index < -0.39 is 95.1 Å². The van der Waals surface area contributed by atoms with Gasteiger partial charge in [0, 0.05) is 22.6 Å². The lowest BCUT2D eigenvalue weighted by Crippen LogP contribution is -2.08. The molecule has 5 aromatic carbocycles. The summed E-state index contributed by atoms with van der Waals surface area (Å²) >= 11 is -1.76. The van der Waals surface area contributed by atoms with Crippen LogP contribution < -0.4 is 4.74 Å². The molecule has 0 radical (unpaired) electrons. The Morgan fingerprint density at radius 3 is 2.01 bits per heavy atom. The minimum atomic E-state index is -5.11. The van der Waals surface area contributed by atoms with Crippen LogP contribution in [0.15, 0.2) is 124 Å². The van der Waals surface area contributed by atoms with Gasteiger partial charge in [-0.2, -0.15) is 43.5 Å². The van der Waals surface area contributed by atoms with Gasteiger partial charge < -0.3 is 19.5 Å². The molecule has 0 fully saturated rings. The number of aromatic hydroxyl groups is 2. The zero-order chi connectivity index (χ0) is 50.2. The number of phenolic OH excluding ortho intramolecular Hbond substituents is 1. The van der Waals surface area contributed by atoms with Crippen LogP contribution in [0.1, 0.15) is 17.5 Å². The second-order valence-electron chi connectivity index (χ2n) is 14.2. The van der Waals surface area contributed by atoms with E-state index in [0.29, 0.717) is 5.56 Å². The smallest absolute Gasteiger partial charge is 0.297 e. The van der Waals surface area contributed by atoms with E-state index in [1.165, 1.54) is 42.5 Å². The zero-order valence-electron chi connectivity index (χ0n) is 34.5. The van der Waals surface area contributed by atoms with Crippen molar-refractivity contribution in [2.24, 2.45) is 30.7 Å². The van der Waals surface area contributed by atoms with E-state index in [1.807, 2.05) is 0 Å². The van der Waals surface area contributed by atoms with Crippen molar-refractivity contribution < 1.29 is 75.6 Å². The average molecular weight is 1070 g/mol. The number of benzene rings is 5. The Balaban J connectivity index is 1.20. The standard InChI is InChI=1S/C37H31N9O17S6/c1-19-13-28(30(63-11-2-12-66(51,52)53)16-27(19)42-45-37-39-33-31(64-37)14-20(18-65(49)50)15-32(33)68(57,58)59)43-40-25-9-8-24-23(34(25)47)7-10-26(35(24)69(60,61)62)41-44-29-17-38-46(36(29)48)21-3-5-22(6-4-21)67(54,55)56/h3-10,13-17,47-48H,2,11-12,18H2,1H3,(H,49,50)(H,51,52,53)(H,54,55,56)(H,57,58,59)(H,60,61,62)/p-1. The predicted molar refractivity (Wildman–Crippen MR) is 243 cm³/mol. The third kappa shape index (κ3) is 11.8. The van der Waals surface area contributed by atoms with Crippen molar-refractivity contribution in [2.45, 2.75) is 33.8 Å². The van der Waals surface area contributed by atoms with Crippen LogP contribution in [-0.4, -0.2) is 98.0 Å². The highest BCUT2D eigenvalue weighted by molar-refractivity contribution is 7.86. The lowest BCUT2D eigenvalue weighted by atomic mass is 10.1. The first kappa shape index (κ1) is 50.3. The quantitative estimate of drug-likeness (QED) is 0.0224. The van der Waals surface area contributed by atoms with Crippen molar-refractivity contribution in [3.05, 3.63) is 90.1 Å². The fourth-order valence-corrected chi connectivity index (χ4v) is 10.2. The normalized spacial score (nSPS) is 13.4. The zero-order valence-corrected chi connectivity index (χ0v) is 39.4. The number of azo groups is 3. The van der Waals surface area contributed by atoms with Gasteiger partial charge in [0.2, 0.25) is 11.0 Å². The maximum atomic E-state index is 12.7. The molecule has 32 heteroatoms. The predicted octanol–water partition coefficient (Wildman–Crippen LogP) is 7.38. The second-order valence-corrected chi connectivity index (χ2v) is 21.9. The SMILES string of the molecule is Cc1cc(N=Nc2ccc3c(S(=O)(=O)O)c(N=Nc4cnn(-c5ccc(S(=O)(=O)O)cc5)c4O)ccc3c2O)c(OCCCS(=O)(=O)O)cc1N=Nc1nc2c(S(=O)(=O)O)cc(CS(=O)[O-])cc2s1. The second kappa shape index (κ2) is 19.4. The van der Waals surface area contributed by atoms with E-state index in [2.05, 4.69) is 40.8 Å². The first-order chi connectivity index (χ1) is 32.3. The number of thiazole rings is 1. The molecule has 0 aliphatic heterocycles. The van der Waals surface area contributed by atoms with E-state index in [9.17, 15) is 70.9 Å². The molecule has 1 atom stereocenters. The molecule has 0 saturated carbocycles. The Labute approximate surface area is 395 Å². The molecule has 2 heterocycles. The number of fused-ring (bicyclic) bond motifs is 2. The topological polar surface area (TPSA) is 412 Å².